The first-order valence-corrected chi connectivity index (χ1v) is 6.37. The number of carbonyl (C=O) groups excluding carboxylic acids is 1. The van der Waals surface area contributed by atoms with E-state index in [0.29, 0.717) is 23.3 Å². The lowest BCUT2D eigenvalue weighted by Crippen LogP contribution is -2.33. The number of aromatic amines is 1. The van der Waals surface area contributed by atoms with Gasteiger partial charge in [-0.3, -0.25) is 9.89 Å². The van der Waals surface area contributed by atoms with E-state index < -0.39 is 0 Å². The number of nitrogens with zero attached hydrogens (tertiary/aromatic N) is 2. The molecule has 1 aromatic heterocycles. The Morgan fingerprint density at radius 3 is 2.71 bits per heavy atom. The summed E-state index contributed by atoms with van der Waals surface area (Å²) in [5, 5.41) is 7.05. The predicted octanol–water partition coefficient (Wildman–Crippen LogP) is 1.49. The molecule has 2 saturated carbocycles. The molecule has 0 radical (unpaired) electrons. The van der Waals surface area contributed by atoms with Gasteiger partial charge in [0.25, 0.3) is 5.91 Å². The van der Waals surface area contributed by atoms with Gasteiger partial charge < -0.3 is 10.6 Å². The molecule has 1 heterocycles. The molecule has 0 atom stereocenters. The van der Waals surface area contributed by atoms with Crippen molar-refractivity contribution >= 4 is 11.6 Å². The molecule has 0 spiro atoms. The summed E-state index contributed by atoms with van der Waals surface area (Å²) in [5.74, 6) is 0.482. The molecule has 0 bridgehead atoms. The summed E-state index contributed by atoms with van der Waals surface area (Å²) in [5.41, 5.74) is 7.96. The monoisotopic (exact) mass is 234 g/mol. The van der Waals surface area contributed by atoms with Crippen molar-refractivity contribution in [3.63, 3.8) is 0 Å². The van der Waals surface area contributed by atoms with E-state index >= 15 is 0 Å². The smallest absolute Gasteiger partial charge is 0.276 e. The fourth-order valence-corrected chi connectivity index (χ4v) is 2.30. The van der Waals surface area contributed by atoms with E-state index in [1.165, 1.54) is 0 Å². The maximum atomic E-state index is 12.3. The first-order chi connectivity index (χ1) is 8.22. The third-order valence-electron chi connectivity index (χ3n) is 3.61. The molecule has 0 saturated heterocycles. The third kappa shape index (κ3) is 1.79. The van der Waals surface area contributed by atoms with Crippen LogP contribution in [0, 0.1) is 0 Å². The highest BCUT2D eigenvalue weighted by molar-refractivity contribution is 5.98. The lowest BCUT2D eigenvalue weighted by atomic mass is 10.2. The van der Waals surface area contributed by atoms with Gasteiger partial charge in [0, 0.05) is 18.5 Å². The Labute approximate surface area is 100 Å². The van der Waals surface area contributed by atoms with Crippen LogP contribution >= 0.6 is 0 Å². The zero-order valence-electron chi connectivity index (χ0n) is 10.1. The van der Waals surface area contributed by atoms with Gasteiger partial charge >= 0.3 is 0 Å². The Morgan fingerprint density at radius 1 is 1.47 bits per heavy atom. The number of nitrogens with two attached hydrogens (primary N) is 1. The molecule has 2 aliphatic rings. The summed E-state index contributed by atoms with van der Waals surface area (Å²) >= 11 is 0. The molecular weight excluding hydrogens is 216 g/mol. The van der Waals surface area contributed by atoms with Crippen molar-refractivity contribution in [2.24, 2.45) is 0 Å². The van der Waals surface area contributed by atoms with Gasteiger partial charge in [-0.05, 0) is 32.6 Å². The van der Waals surface area contributed by atoms with E-state index in [1.807, 2.05) is 11.8 Å². The average molecular weight is 234 g/mol. The van der Waals surface area contributed by atoms with Crippen LogP contribution in [0.2, 0.25) is 0 Å². The summed E-state index contributed by atoms with van der Waals surface area (Å²) in [7, 11) is 0. The quantitative estimate of drug-likeness (QED) is 0.828. The SMILES string of the molecule is CCN(C(=O)c1n[nH]c(C2CC2)c1N)C1CC1. The molecule has 2 aliphatic carbocycles. The largest absolute Gasteiger partial charge is 0.395 e. The van der Waals surface area contributed by atoms with E-state index in [-0.39, 0.29) is 5.91 Å². The molecule has 17 heavy (non-hydrogen) atoms. The van der Waals surface area contributed by atoms with Crippen molar-refractivity contribution in [1.82, 2.24) is 15.1 Å². The van der Waals surface area contributed by atoms with Crippen LogP contribution in [0.1, 0.15) is 54.7 Å². The maximum Gasteiger partial charge on any atom is 0.276 e. The lowest BCUT2D eigenvalue weighted by molar-refractivity contribution is 0.0747. The Bertz CT molecular complexity index is 445. The number of carbonyl (C=O) groups is 1. The number of nitrogens with one attached hydrogen (secondary N) is 1. The van der Waals surface area contributed by atoms with Crippen molar-refractivity contribution in [1.29, 1.82) is 0 Å². The topological polar surface area (TPSA) is 75.0 Å². The summed E-state index contributed by atoms with van der Waals surface area (Å²) in [4.78, 5) is 14.2. The molecule has 3 N–H and O–H groups in total. The van der Waals surface area contributed by atoms with Crippen LogP contribution in [-0.4, -0.2) is 33.6 Å². The van der Waals surface area contributed by atoms with E-state index in [4.69, 9.17) is 5.73 Å². The van der Waals surface area contributed by atoms with Crippen LogP contribution in [0.4, 0.5) is 5.69 Å². The van der Waals surface area contributed by atoms with Gasteiger partial charge in [-0.1, -0.05) is 0 Å². The highest BCUT2D eigenvalue weighted by Crippen LogP contribution is 2.42. The lowest BCUT2D eigenvalue weighted by Gasteiger charge is -2.19. The van der Waals surface area contributed by atoms with E-state index in [2.05, 4.69) is 10.2 Å². The van der Waals surface area contributed by atoms with Crippen molar-refractivity contribution in [3.05, 3.63) is 11.4 Å². The molecule has 5 nitrogen and oxygen atoms in total. The Kier molecular flexibility index (Phi) is 2.34. The van der Waals surface area contributed by atoms with Crippen molar-refractivity contribution in [2.75, 3.05) is 12.3 Å². The molecule has 1 aromatic rings. The number of H-pyrrole nitrogens is 1. The second-order valence-electron chi connectivity index (χ2n) is 5.00. The van der Waals surface area contributed by atoms with Crippen molar-refractivity contribution in [2.45, 2.75) is 44.6 Å². The van der Waals surface area contributed by atoms with Crippen LogP contribution < -0.4 is 5.73 Å². The maximum absolute atomic E-state index is 12.3. The number of hydrogen-bond acceptors (Lipinski definition) is 3. The summed E-state index contributed by atoms with van der Waals surface area (Å²) in [6.07, 6.45) is 4.53. The van der Waals surface area contributed by atoms with Gasteiger partial charge in [-0.25, -0.2) is 0 Å². The minimum absolute atomic E-state index is 0.0179. The second kappa shape index (κ2) is 3.75. The van der Waals surface area contributed by atoms with Crippen LogP contribution in [0.25, 0.3) is 0 Å². The zero-order valence-corrected chi connectivity index (χ0v) is 10.1. The normalized spacial score (nSPS) is 19.4. The van der Waals surface area contributed by atoms with Crippen LogP contribution in [0.15, 0.2) is 0 Å². The van der Waals surface area contributed by atoms with E-state index in [1.54, 1.807) is 0 Å². The molecule has 2 fully saturated rings. The molecule has 5 heteroatoms. The number of nitrogen functional groups attached to an aromatic ring is 1. The molecule has 3 rings (SSSR count). The van der Waals surface area contributed by atoms with E-state index in [0.717, 1.165) is 37.9 Å². The number of rotatable bonds is 4. The van der Waals surface area contributed by atoms with E-state index in [9.17, 15) is 4.79 Å². The first kappa shape index (κ1) is 10.6. The summed E-state index contributed by atoms with van der Waals surface area (Å²) in [6.45, 7) is 2.73. The first-order valence-electron chi connectivity index (χ1n) is 6.37. The van der Waals surface area contributed by atoms with Gasteiger partial charge in [-0.15, -0.1) is 0 Å². The molecule has 0 unspecified atom stereocenters. The Balaban J connectivity index is 1.84. The minimum Gasteiger partial charge on any atom is -0.395 e. The van der Waals surface area contributed by atoms with Crippen LogP contribution in [0.3, 0.4) is 0 Å². The number of hydrogen-bond donors (Lipinski definition) is 2. The van der Waals surface area contributed by atoms with Crippen molar-refractivity contribution < 1.29 is 4.79 Å². The second-order valence-corrected chi connectivity index (χ2v) is 5.00. The molecule has 0 aromatic carbocycles. The summed E-state index contributed by atoms with van der Waals surface area (Å²) in [6, 6.07) is 0.410. The zero-order chi connectivity index (χ0) is 12.0. The number of anilines is 1. The standard InChI is InChI=1S/C12H18N4O/c1-2-16(8-5-6-8)12(17)11-9(13)10(14-15-11)7-3-4-7/h7-8H,2-6,13H2,1H3,(H,14,15). The fourth-order valence-electron chi connectivity index (χ4n) is 2.30. The predicted molar refractivity (Wildman–Crippen MR) is 64.7 cm³/mol. The van der Waals surface area contributed by atoms with Crippen molar-refractivity contribution in [3.8, 4) is 0 Å². The van der Waals surface area contributed by atoms with Gasteiger partial charge in [0.05, 0.1) is 11.4 Å². The minimum atomic E-state index is -0.0179. The summed E-state index contributed by atoms with van der Waals surface area (Å²) < 4.78 is 0. The molecule has 0 aliphatic heterocycles. The third-order valence-corrected chi connectivity index (χ3v) is 3.61. The highest BCUT2D eigenvalue weighted by Gasteiger charge is 2.36. The Morgan fingerprint density at radius 2 is 2.18 bits per heavy atom. The fraction of sp³-hybridized carbons (Fsp3) is 0.667. The molecule has 1 amide bonds. The Hall–Kier alpha value is -1.52. The van der Waals surface area contributed by atoms with Gasteiger partial charge in [0.1, 0.15) is 0 Å². The molecule has 92 valence electrons. The average Bonchev–Trinajstić information content (AvgIpc) is 3.19. The van der Waals surface area contributed by atoms with Crippen LogP contribution in [-0.2, 0) is 0 Å². The van der Waals surface area contributed by atoms with Gasteiger partial charge in [0.15, 0.2) is 5.69 Å². The number of amides is 1. The number of aromatic nitrogens is 2. The highest BCUT2D eigenvalue weighted by atomic mass is 16.2. The van der Waals surface area contributed by atoms with Crippen LogP contribution in [0.5, 0.6) is 0 Å². The van der Waals surface area contributed by atoms with Gasteiger partial charge in [0.2, 0.25) is 0 Å². The van der Waals surface area contributed by atoms with Gasteiger partial charge in [-0.2, -0.15) is 5.10 Å². The molecular formula is C12H18N4O.